The highest BCUT2D eigenvalue weighted by Gasteiger charge is 2.42. The van der Waals surface area contributed by atoms with E-state index in [0.29, 0.717) is 5.56 Å². The second-order valence-corrected chi connectivity index (χ2v) is 7.69. The predicted octanol–water partition coefficient (Wildman–Crippen LogP) is 1.24. The number of anilines is 1. The molecule has 3 rings (SSSR count). The van der Waals surface area contributed by atoms with Crippen molar-refractivity contribution < 1.29 is 18.0 Å². The molecule has 118 valence electrons. The summed E-state index contributed by atoms with van der Waals surface area (Å²) < 4.78 is 25.1. The highest BCUT2D eigenvalue weighted by molar-refractivity contribution is 7.94. The van der Waals surface area contributed by atoms with E-state index in [1.807, 2.05) is 0 Å². The third-order valence-electron chi connectivity index (χ3n) is 4.08. The standard InChI is InChI=1S/C15H18N2O4S/c1-11-10-22(20,21)17(14(11)18)13-6-4-5-12(9-13)15(19)16-7-2-3-8-16/h4-6,9,11H,2-3,7-8,10H2,1H3/t11-/m1/s1. The third kappa shape index (κ3) is 2.49. The van der Waals surface area contributed by atoms with Crippen LogP contribution >= 0.6 is 0 Å². The van der Waals surface area contributed by atoms with Gasteiger partial charge in [-0.1, -0.05) is 13.0 Å². The molecule has 2 aliphatic rings. The lowest BCUT2D eigenvalue weighted by Gasteiger charge is -2.18. The second kappa shape index (κ2) is 5.39. The molecule has 22 heavy (non-hydrogen) atoms. The Bertz CT molecular complexity index is 723. The van der Waals surface area contributed by atoms with Crippen LogP contribution in [0.1, 0.15) is 30.1 Å². The number of rotatable bonds is 2. The zero-order valence-corrected chi connectivity index (χ0v) is 13.2. The maximum absolute atomic E-state index is 12.4. The maximum Gasteiger partial charge on any atom is 0.253 e. The van der Waals surface area contributed by atoms with Crippen molar-refractivity contribution in [2.75, 3.05) is 23.1 Å². The molecule has 0 aliphatic carbocycles. The first-order valence-electron chi connectivity index (χ1n) is 7.36. The number of hydrogen-bond donors (Lipinski definition) is 0. The number of amides is 2. The van der Waals surface area contributed by atoms with Crippen LogP contribution in [0.4, 0.5) is 5.69 Å². The average molecular weight is 322 g/mol. The smallest absolute Gasteiger partial charge is 0.253 e. The molecule has 2 saturated heterocycles. The summed E-state index contributed by atoms with van der Waals surface area (Å²) >= 11 is 0. The molecule has 2 aliphatic heterocycles. The second-order valence-electron chi connectivity index (χ2n) is 5.83. The zero-order valence-electron chi connectivity index (χ0n) is 12.4. The van der Waals surface area contributed by atoms with Gasteiger partial charge >= 0.3 is 0 Å². The first-order chi connectivity index (χ1) is 10.4. The Hall–Kier alpha value is -1.89. The average Bonchev–Trinajstić information content (AvgIpc) is 3.06. The lowest BCUT2D eigenvalue weighted by atomic mass is 10.1. The van der Waals surface area contributed by atoms with E-state index in [1.165, 1.54) is 6.07 Å². The molecule has 2 amide bonds. The molecule has 0 saturated carbocycles. The Balaban J connectivity index is 1.94. The number of nitrogens with zero attached hydrogens (tertiary/aromatic N) is 2. The molecule has 0 spiro atoms. The minimum absolute atomic E-state index is 0.114. The van der Waals surface area contributed by atoms with Crippen LogP contribution in [0.5, 0.6) is 0 Å². The Morgan fingerprint density at radius 1 is 1.23 bits per heavy atom. The summed E-state index contributed by atoms with van der Waals surface area (Å²) in [6, 6.07) is 6.31. The van der Waals surface area contributed by atoms with Crippen LogP contribution < -0.4 is 4.31 Å². The molecule has 1 atom stereocenters. The number of sulfonamides is 1. The van der Waals surface area contributed by atoms with Crippen LogP contribution in [0.15, 0.2) is 24.3 Å². The van der Waals surface area contributed by atoms with Crippen LogP contribution in [-0.4, -0.2) is 44.0 Å². The van der Waals surface area contributed by atoms with Crippen molar-refractivity contribution in [3.63, 3.8) is 0 Å². The zero-order chi connectivity index (χ0) is 15.9. The SMILES string of the molecule is C[C@@H]1CS(=O)(=O)N(c2cccc(C(=O)N3CCCC3)c2)C1=O. The number of likely N-dealkylation sites (tertiary alicyclic amines) is 1. The number of hydrogen-bond acceptors (Lipinski definition) is 4. The van der Waals surface area contributed by atoms with Crippen molar-refractivity contribution in [1.29, 1.82) is 0 Å². The van der Waals surface area contributed by atoms with Crippen LogP contribution in [0.3, 0.4) is 0 Å². The molecule has 0 radical (unpaired) electrons. The summed E-state index contributed by atoms with van der Waals surface area (Å²) in [4.78, 5) is 26.3. The Labute approximate surface area is 129 Å². The van der Waals surface area contributed by atoms with Crippen molar-refractivity contribution in [2.24, 2.45) is 5.92 Å². The molecule has 6 nitrogen and oxygen atoms in total. The van der Waals surface area contributed by atoms with Gasteiger partial charge in [0.25, 0.3) is 5.91 Å². The predicted molar refractivity (Wildman–Crippen MR) is 82.0 cm³/mol. The molecular weight excluding hydrogens is 304 g/mol. The van der Waals surface area contributed by atoms with Crippen molar-refractivity contribution in [2.45, 2.75) is 19.8 Å². The van der Waals surface area contributed by atoms with Gasteiger partial charge in [-0.2, -0.15) is 0 Å². The number of benzene rings is 1. The number of carbonyl (C=O) groups is 2. The van der Waals surface area contributed by atoms with Gasteiger partial charge in [0.1, 0.15) is 0 Å². The summed E-state index contributed by atoms with van der Waals surface area (Å²) in [5, 5.41) is 0. The van der Waals surface area contributed by atoms with Crippen molar-refractivity contribution in [1.82, 2.24) is 4.90 Å². The molecule has 1 aromatic carbocycles. The van der Waals surface area contributed by atoms with Crippen molar-refractivity contribution in [3.8, 4) is 0 Å². The van der Waals surface area contributed by atoms with E-state index < -0.39 is 21.8 Å². The lowest BCUT2D eigenvalue weighted by Crippen LogP contribution is -2.31. The topological polar surface area (TPSA) is 74.8 Å². The maximum atomic E-state index is 12.4. The first-order valence-corrected chi connectivity index (χ1v) is 8.97. The third-order valence-corrected chi connectivity index (χ3v) is 5.95. The highest BCUT2D eigenvalue weighted by atomic mass is 32.2. The van der Waals surface area contributed by atoms with Crippen molar-refractivity contribution in [3.05, 3.63) is 29.8 Å². The normalized spacial score (nSPS) is 24.0. The van der Waals surface area contributed by atoms with Crippen LogP contribution in [0.25, 0.3) is 0 Å². The van der Waals surface area contributed by atoms with Crippen molar-refractivity contribution >= 4 is 27.5 Å². The van der Waals surface area contributed by atoms with Gasteiger partial charge in [-0.15, -0.1) is 0 Å². The largest absolute Gasteiger partial charge is 0.339 e. The summed E-state index contributed by atoms with van der Waals surface area (Å²) in [6.45, 7) is 3.04. The molecule has 0 bridgehead atoms. The van der Waals surface area contributed by atoms with Gasteiger partial charge in [0.05, 0.1) is 17.4 Å². The molecule has 0 aromatic heterocycles. The van der Waals surface area contributed by atoms with Gasteiger partial charge in [-0.25, -0.2) is 12.7 Å². The minimum atomic E-state index is -3.64. The van der Waals surface area contributed by atoms with Gasteiger partial charge in [0, 0.05) is 18.7 Å². The Morgan fingerprint density at radius 2 is 1.91 bits per heavy atom. The first kappa shape index (κ1) is 15.0. The fourth-order valence-corrected chi connectivity index (χ4v) is 4.77. The quantitative estimate of drug-likeness (QED) is 0.821. The molecule has 0 N–H and O–H groups in total. The highest BCUT2D eigenvalue weighted by Crippen LogP contribution is 2.29. The summed E-state index contributed by atoms with van der Waals surface area (Å²) in [5.74, 6) is -1.29. The van der Waals surface area contributed by atoms with E-state index in [0.717, 1.165) is 30.2 Å². The van der Waals surface area contributed by atoms with Gasteiger partial charge in [-0.05, 0) is 31.0 Å². The number of carbonyl (C=O) groups excluding carboxylic acids is 2. The molecular formula is C15H18N2O4S. The Morgan fingerprint density at radius 3 is 2.50 bits per heavy atom. The van der Waals surface area contributed by atoms with E-state index in [-0.39, 0.29) is 17.3 Å². The molecule has 7 heteroatoms. The molecule has 2 fully saturated rings. The fraction of sp³-hybridized carbons (Fsp3) is 0.467. The summed E-state index contributed by atoms with van der Waals surface area (Å²) in [7, 11) is -3.64. The van der Waals surface area contributed by atoms with Gasteiger partial charge in [-0.3, -0.25) is 9.59 Å². The van der Waals surface area contributed by atoms with Gasteiger partial charge in [0.15, 0.2) is 0 Å². The Kier molecular flexibility index (Phi) is 3.68. The molecule has 1 aromatic rings. The summed E-state index contributed by atoms with van der Waals surface area (Å²) in [6.07, 6.45) is 1.98. The van der Waals surface area contributed by atoms with E-state index in [9.17, 15) is 18.0 Å². The van der Waals surface area contributed by atoms with Gasteiger partial charge < -0.3 is 4.90 Å². The van der Waals surface area contributed by atoms with E-state index >= 15 is 0 Å². The summed E-state index contributed by atoms with van der Waals surface area (Å²) in [5.41, 5.74) is 0.668. The monoisotopic (exact) mass is 322 g/mol. The van der Waals surface area contributed by atoms with Crippen LogP contribution in [0.2, 0.25) is 0 Å². The lowest BCUT2D eigenvalue weighted by molar-refractivity contribution is -0.119. The van der Waals surface area contributed by atoms with E-state index in [4.69, 9.17) is 0 Å². The van der Waals surface area contributed by atoms with Crippen LogP contribution in [0, 0.1) is 5.92 Å². The molecule has 2 heterocycles. The van der Waals surface area contributed by atoms with Gasteiger partial charge in [0.2, 0.25) is 15.9 Å². The van der Waals surface area contributed by atoms with E-state index in [2.05, 4.69) is 0 Å². The fourth-order valence-electron chi connectivity index (χ4n) is 2.95. The minimum Gasteiger partial charge on any atom is -0.339 e. The molecule has 0 unspecified atom stereocenters. The van der Waals surface area contributed by atoms with Crippen LogP contribution in [-0.2, 0) is 14.8 Å². The van der Waals surface area contributed by atoms with E-state index in [1.54, 1.807) is 30.0 Å².